The molecule has 0 unspecified atom stereocenters. The molecule has 0 bridgehead atoms. The SMILES string of the molecule is O=C(NCCCn1ccc2cccnc21)c1ccc2ccccc2c1. The number of hydrogen-bond acceptors (Lipinski definition) is 2. The number of carbonyl (C=O) groups is 1. The number of aromatic nitrogens is 2. The third-order valence-corrected chi connectivity index (χ3v) is 4.40. The molecule has 4 rings (SSSR count). The molecule has 0 radical (unpaired) electrons. The molecular weight excluding hydrogens is 310 g/mol. The summed E-state index contributed by atoms with van der Waals surface area (Å²) in [4.78, 5) is 16.7. The molecule has 4 aromatic rings. The lowest BCUT2D eigenvalue weighted by atomic mass is 10.1. The summed E-state index contributed by atoms with van der Waals surface area (Å²) in [5, 5.41) is 6.37. The number of nitrogens with zero attached hydrogens (tertiary/aromatic N) is 2. The first kappa shape index (κ1) is 15.4. The minimum absolute atomic E-state index is 0.0266. The van der Waals surface area contributed by atoms with Gasteiger partial charge in [-0.2, -0.15) is 0 Å². The van der Waals surface area contributed by atoms with E-state index in [0.717, 1.165) is 34.8 Å². The molecule has 1 amide bonds. The molecule has 0 aliphatic rings. The van der Waals surface area contributed by atoms with Gasteiger partial charge in [-0.25, -0.2) is 4.98 Å². The van der Waals surface area contributed by atoms with Crippen molar-refractivity contribution in [2.45, 2.75) is 13.0 Å². The highest BCUT2D eigenvalue weighted by Crippen LogP contribution is 2.16. The van der Waals surface area contributed by atoms with E-state index in [0.29, 0.717) is 12.1 Å². The molecule has 0 atom stereocenters. The van der Waals surface area contributed by atoms with Crippen molar-refractivity contribution >= 4 is 27.7 Å². The molecule has 2 heterocycles. The Balaban J connectivity index is 1.35. The maximum Gasteiger partial charge on any atom is 0.251 e. The van der Waals surface area contributed by atoms with Crippen molar-refractivity contribution in [1.82, 2.24) is 14.9 Å². The average Bonchev–Trinajstić information content (AvgIpc) is 3.08. The van der Waals surface area contributed by atoms with Crippen LogP contribution in [0, 0.1) is 0 Å². The van der Waals surface area contributed by atoms with Crippen molar-refractivity contribution in [2.75, 3.05) is 6.54 Å². The van der Waals surface area contributed by atoms with Crippen LogP contribution < -0.4 is 5.32 Å². The van der Waals surface area contributed by atoms with Gasteiger partial charge in [-0.15, -0.1) is 0 Å². The van der Waals surface area contributed by atoms with Gasteiger partial charge in [-0.1, -0.05) is 30.3 Å². The van der Waals surface area contributed by atoms with Crippen molar-refractivity contribution in [3.63, 3.8) is 0 Å². The van der Waals surface area contributed by atoms with E-state index >= 15 is 0 Å². The van der Waals surface area contributed by atoms with Crippen LogP contribution in [0.2, 0.25) is 0 Å². The second kappa shape index (κ2) is 6.77. The molecule has 2 aromatic carbocycles. The number of hydrogen-bond donors (Lipinski definition) is 1. The largest absolute Gasteiger partial charge is 0.352 e. The van der Waals surface area contributed by atoms with Gasteiger partial charge < -0.3 is 9.88 Å². The second-order valence-electron chi connectivity index (χ2n) is 6.10. The van der Waals surface area contributed by atoms with Gasteiger partial charge in [0.15, 0.2) is 0 Å². The van der Waals surface area contributed by atoms with Crippen LogP contribution in [0.3, 0.4) is 0 Å². The number of fused-ring (bicyclic) bond motifs is 2. The number of benzene rings is 2. The van der Waals surface area contributed by atoms with E-state index in [1.165, 1.54) is 0 Å². The number of aryl methyl sites for hydroxylation is 1. The second-order valence-corrected chi connectivity index (χ2v) is 6.10. The normalized spacial score (nSPS) is 11.0. The summed E-state index contributed by atoms with van der Waals surface area (Å²) in [5.74, 6) is -0.0266. The van der Waals surface area contributed by atoms with Crippen LogP contribution in [0.5, 0.6) is 0 Å². The summed E-state index contributed by atoms with van der Waals surface area (Å²) in [6, 6.07) is 19.9. The summed E-state index contributed by atoms with van der Waals surface area (Å²) in [6.45, 7) is 1.47. The third kappa shape index (κ3) is 3.24. The highest BCUT2D eigenvalue weighted by Gasteiger charge is 2.06. The predicted molar refractivity (Wildman–Crippen MR) is 101 cm³/mol. The monoisotopic (exact) mass is 329 g/mol. The van der Waals surface area contributed by atoms with Crippen LogP contribution >= 0.6 is 0 Å². The van der Waals surface area contributed by atoms with E-state index in [-0.39, 0.29) is 5.91 Å². The zero-order chi connectivity index (χ0) is 17.1. The Labute approximate surface area is 146 Å². The fraction of sp³-hybridized carbons (Fsp3) is 0.143. The average molecular weight is 329 g/mol. The lowest BCUT2D eigenvalue weighted by Gasteiger charge is -2.08. The molecule has 0 saturated heterocycles. The third-order valence-electron chi connectivity index (χ3n) is 4.40. The minimum Gasteiger partial charge on any atom is -0.352 e. The van der Waals surface area contributed by atoms with Gasteiger partial charge >= 0.3 is 0 Å². The Hall–Kier alpha value is -3.14. The smallest absolute Gasteiger partial charge is 0.251 e. The lowest BCUT2D eigenvalue weighted by Crippen LogP contribution is -2.25. The van der Waals surface area contributed by atoms with E-state index in [4.69, 9.17) is 0 Å². The molecule has 4 heteroatoms. The molecule has 0 spiro atoms. The van der Waals surface area contributed by atoms with Crippen LogP contribution in [0.25, 0.3) is 21.8 Å². The fourth-order valence-corrected chi connectivity index (χ4v) is 3.08. The topological polar surface area (TPSA) is 46.9 Å². The minimum atomic E-state index is -0.0266. The van der Waals surface area contributed by atoms with Gasteiger partial charge in [0, 0.05) is 36.4 Å². The first-order chi connectivity index (χ1) is 12.3. The van der Waals surface area contributed by atoms with E-state index < -0.39 is 0 Å². The van der Waals surface area contributed by atoms with Gasteiger partial charge in [0.1, 0.15) is 5.65 Å². The highest BCUT2D eigenvalue weighted by molar-refractivity contribution is 5.98. The standard InChI is InChI=1S/C21H19N3O/c25-21(19-9-8-16-5-1-2-6-18(16)15-19)23-12-4-13-24-14-10-17-7-3-11-22-20(17)24/h1-3,5-11,14-15H,4,12-13H2,(H,23,25). The van der Waals surface area contributed by atoms with Gasteiger partial charge in [-0.3, -0.25) is 4.79 Å². The van der Waals surface area contributed by atoms with Crippen LogP contribution in [-0.2, 0) is 6.54 Å². The van der Waals surface area contributed by atoms with Crippen LogP contribution in [0.15, 0.2) is 73.1 Å². The maximum atomic E-state index is 12.3. The van der Waals surface area contributed by atoms with E-state index in [9.17, 15) is 4.79 Å². The summed E-state index contributed by atoms with van der Waals surface area (Å²) < 4.78 is 2.12. The Bertz CT molecular complexity index is 1040. The number of amides is 1. The van der Waals surface area contributed by atoms with E-state index in [2.05, 4.69) is 27.0 Å². The van der Waals surface area contributed by atoms with Crippen LogP contribution in [0.4, 0.5) is 0 Å². The first-order valence-electron chi connectivity index (χ1n) is 8.48. The molecule has 2 aromatic heterocycles. The Morgan fingerprint density at radius 2 is 1.80 bits per heavy atom. The van der Waals surface area contributed by atoms with Gasteiger partial charge in [0.2, 0.25) is 0 Å². The lowest BCUT2D eigenvalue weighted by molar-refractivity contribution is 0.0953. The molecule has 124 valence electrons. The molecule has 4 nitrogen and oxygen atoms in total. The molecule has 0 aliphatic heterocycles. The Morgan fingerprint density at radius 3 is 2.72 bits per heavy atom. The number of pyridine rings is 1. The van der Waals surface area contributed by atoms with Crippen molar-refractivity contribution in [2.24, 2.45) is 0 Å². The molecular formula is C21H19N3O. The summed E-state index contributed by atoms with van der Waals surface area (Å²) >= 11 is 0. The zero-order valence-electron chi connectivity index (χ0n) is 13.9. The predicted octanol–water partition coefficient (Wildman–Crippen LogP) is 4.01. The first-order valence-corrected chi connectivity index (χ1v) is 8.48. The zero-order valence-corrected chi connectivity index (χ0v) is 13.9. The molecule has 25 heavy (non-hydrogen) atoms. The number of rotatable bonds is 5. The van der Waals surface area contributed by atoms with E-state index in [1.807, 2.05) is 54.7 Å². The summed E-state index contributed by atoms with van der Waals surface area (Å²) in [5.41, 5.74) is 1.69. The quantitative estimate of drug-likeness (QED) is 0.562. The number of carbonyl (C=O) groups excluding carboxylic acids is 1. The van der Waals surface area contributed by atoms with Gasteiger partial charge in [0.05, 0.1) is 0 Å². The Morgan fingerprint density at radius 1 is 0.960 bits per heavy atom. The van der Waals surface area contributed by atoms with Crippen molar-refractivity contribution in [1.29, 1.82) is 0 Å². The van der Waals surface area contributed by atoms with Crippen molar-refractivity contribution in [3.8, 4) is 0 Å². The maximum absolute atomic E-state index is 12.3. The molecule has 0 saturated carbocycles. The van der Waals surface area contributed by atoms with Crippen molar-refractivity contribution in [3.05, 3.63) is 78.6 Å². The summed E-state index contributed by atoms with van der Waals surface area (Å²) in [7, 11) is 0. The summed E-state index contributed by atoms with van der Waals surface area (Å²) in [6.07, 6.45) is 4.71. The molecule has 0 fully saturated rings. The van der Waals surface area contributed by atoms with Gasteiger partial charge in [-0.05, 0) is 47.5 Å². The van der Waals surface area contributed by atoms with E-state index in [1.54, 1.807) is 6.20 Å². The molecule has 0 aliphatic carbocycles. The van der Waals surface area contributed by atoms with Crippen molar-refractivity contribution < 1.29 is 4.79 Å². The number of nitrogens with one attached hydrogen (secondary N) is 1. The molecule has 1 N–H and O–H groups in total. The van der Waals surface area contributed by atoms with Crippen LogP contribution in [-0.4, -0.2) is 22.0 Å². The highest BCUT2D eigenvalue weighted by atomic mass is 16.1. The fourth-order valence-electron chi connectivity index (χ4n) is 3.08. The van der Waals surface area contributed by atoms with Crippen LogP contribution in [0.1, 0.15) is 16.8 Å². The van der Waals surface area contributed by atoms with Gasteiger partial charge in [0.25, 0.3) is 5.91 Å². The Kier molecular flexibility index (Phi) is 4.17.